The third kappa shape index (κ3) is 3.40. The maximum Gasteiger partial charge on any atom is 0.251 e. The first kappa shape index (κ1) is 14.8. The molecule has 0 atom stereocenters. The smallest absolute Gasteiger partial charge is 0.251 e. The number of carbonyl (C=O) groups is 1. The Kier molecular flexibility index (Phi) is 3.91. The van der Waals surface area contributed by atoms with Crippen molar-refractivity contribution in [3.05, 3.63) is 77.9 Å². The predicted octanol–water partition coefficient (Wildman–Crippen LogP) is 4.34. The van der Waals surface area contributed by atoms with Gasteiger partial charge in [-0.1, -0.05) is 36.4 Å². The minimum atomic E-state index is 0.0265. The Labute approximate surface area is 141 Å². The third-order valence-corrected chi connectivity index (χ3v) is 4.37. The molecule has 3 nitrogen and oxygen atoms in total. The molecule has 0 radical (unpaired) electrons. The van der Waals surface area contributed by atoms with Crippen LogP contribution in [-0.2, 0) is 6.54 Å². The second-order valence-corrected chi connectivity index (χ2v) is 6.36. The maximum absolute atomic E-state index is 12.0. The van der Waals surface area contributed by atoms with E-state index in [9.17, 15) is 4.79 Å². The van der Waals surface area contributed by atoms with Crippen LogP contribution in [0.3, 0.4) is 0 Å². The number of fused-ring (bicyclic) bond motifs is 1. The molecule has 24 heavy (non-hydrogen) atoms. The SMILES string of the molecule is O=C(NC1CC1)c1ccc(NCc2ccc3ccccc3c2)cc1. The van der Waals surface area contributed by atoms with Crippen molar-refractivity contribution in [1.82, 2.24) is 5.32 Å². The highest BCUT2D eigenvalue weighted by atomic mass is 16.1. The fraction of sp³-hybridized carbons (Fsp3) is 0.190. The molecule has 3 aromatic carbocycles. The van der Waals surface area contributed by atoms with Gasteiger partial charge in [0.2, 0.25) is 0 Å². The van der Waals surface area contributed by atoms with E-state index in [-0.39, 0.29) is 5.91 Å². The summed E-state index contributed by atoms with van der Waals surface area (Å²) in [5, 5.41) is 8.93. The molecule has 3 aromatic rings. The first-order chi connectivity index (χ1) is 11.8. The van der Waals surface area contributed by atoms with E-state index in [1.54, 1.807) is 0 Å². The molecule has 0 heterocycles. The lowest BCUT2D eigenvalue weighted by Crippen LogP contribution is -2.25. The van der Waals surface area contributed by atoms with Crippen LogP contribution < -0.4 is 10.6 Å². The molecule has 0 saturated heterocycles. The fourth-order valence-electron chi connectivity index (χ4n) is 2.79. The van der Waals surface area contributed by atoms with E-state index in [2.05, 4.69) is 53.1 Å². The van der Waals surface area contributed by atoms with Crippen molar-refractivity contribution >= 4 is 22.4 Å². The molecule has 1 amide bonds. The second kappa shape index (κ2) is 6.36. The van der Waals surface area contributed by atoms with E-state index >= 15 is 0 Å². The molecule has 0 aromatic heterocycles. The maximum atomic E-state index is 12.0. The molecule has 1 aliphatic rings. The van der Waals surface area contributed by atoms with Gasteiger partial charge in [0, 0.05) is 23.8 Å². The Morgan fingerprint density at radius 2 is 1.67 bits per heavy atom. The van der Waals surface area contributed by atoms with Gasteiger partial charge in [-0.05, 0) is 59.5 Å². The number of benzene rings is 3. The average Bonchev–Trinajstić information content (AvgIpc) is 3.44. The molecule has 1 saturated carbocycles. The lowest BCUT2D eigenvalue weighted by Gasteiger charge is -2.09. The van der Waals surface area contributed by atoms with Gasteiger partial charge in [0.15, 0.2) is 0 Å². The fourth-order valence-corrected chi connectivity index (χ4v) is 2.79. The van der Waals surface area contributed by atoms with E-state index in [1.807, 2.05) is 24.3 Å². The van der Waals surface area contributed by atoms with Crippen molar-refractivity contribution < 1.29 is 4.79 Å². The van der Waals surface area contributed by atoms with Gasteiger partial charge in [0.1, 0.15) is 0 Å². The highest BCUT2D eigenvalue weighted by molar-refractivity contribution is 5.94. The summed E-state index contributed by atoms with van der Waals surface area (Å²) in [6.45, 7) is 0.762. The molecule has 2 N–H and O–H groups in total. The zero-order valence-corrected chi connectivity index (χ0v) is 13.5. The van der Waals surface area contributed by atoms with E-state index in [1.165, 1.54) is 16.3 Å². The van der Waals surface area contributed by atoms with Crippen LogP contribution in [-0.4, -0.2) is 11.9 Å². The molecule has 0 bridgehead atoms. The largest absolute Gasteiger partial charge is 0.381 e. The van der Waals surface area contributed by atoms with Gasteiger partial charge in [-0.15, -0.1) is 0 Å². The van der Waals surface area contributed by atoms with Crippen LogP contribution in [0.2, 0.25) is 0 Å². The summed E-state index contributed by atoms with van der Waals surface area (Å²) in [6, 6.07) is 22.9. The van der Waals surface area contributed by atoms with E-state index in [4.69, 9.17) is 0 Å². The van der Waals surface area contributed by atoms with Gasteiger partial charge in [0.05, 0.1) is 0 Å². The summed E-state index contributed by atoms with van der Waals surface area (Å²) >= 11 is 0. The van der Waals surface area contributed by atoms with Crippen molar-refractivity contribution in [3.63, 3.8) is 0 Å². The Bertz CT molecular complexity index is 866. The Morgan fingerprint density at radius 1 is 0.917 bits per heavy atom. The van der Waals surface area contributed by atoms with Crippen molar-refractivity contribution in [2.75, 3.05) is 5.32 Å². The predicted molar refractivity (Wildman–Crippen MR) is 98.2 cm³/mol. The van der Waals surface area contributed by atoms with Crippen molar-refractivity contribution in [2.24, 2.45) is 0 Å². The van der Waals surface area contributed by atoms with Crippen LogP contribution in [0.4, 0.5) is 5.69 Å². The van der Waals surface area contributed by atoms with Gasteiger partial charge >= 0.3 is 0 Å². The summed E-state index contributed by atoms with van der Waals surface area (Å²) < 4.78 is 0. The molecule has 120 valence electrons. The van der Waals surface area contributed by atoms with Gasteiger partial charge in [-0.25, -0.2) is 0 Å². The topological polar surface area (TPSA) is 41.1 Å². The molecular formula is C21H20N2O. The Hall–Kier alpha value is -2.81. The average molecular weight is 316 g/mol. The van der Waals surface area contributed by atoms with Gasteiger partial charge in [-0.3, -0.25) is 4.79 Å². The number of amides is 1. The first-order valence-electron chi connectivity index (χ1n) is 8.40. The van der Waals surface area contributed by atoms with Crippen LogP contribution >= 0.6 is 0 Å². The van der Waals surface area contributed by atoms with Crippen molar-refractivity contribution in [3.8, 4) is 0 Å². The van der Waals surface area contributed by atoms with Gasteiger partial charge in [-0.2, -0.15) is 0 Å². The number of hydrogen-bond acceptors (Lipinski definition) is 2. The summed E-state index contributed by atoms with van der Waals surface area (Å²) in [6.07, 6.45) is 2.22. The standard InChI is InChI=1S/C21H20N2O/c24-21(23-20-11-12-20)17-7-9-19(10-8-17)22-14-15-5-6-16-3-1-2-4-18(16)13-15/h1-10,13,20,22H,11-12,14H2,(H,23,24). The number of hydrogen-bond donors (Lipinski definition) is 2. The normalized spacial score (nSPS) is 13.7. The van der Waals surface area contributed by atoms with Gasteiger partial charge < -0.3 is 10.6 Å². The zero-order chi connectivity index (χ0) is 16.4. The van der Waals surface area contributed by atoms with Crippen LogP contribution in [0.15, 0.2) is 66.7 Å². The van der Waals surface area contributed by atoms with Crippen LogP contribution in [0.5, 0.6) is 0 Å². The zero-order valence-electron chi connectivity index (χ0n) is 13.5. The Morgan fingerprint density at radius 3 is 2.42 bits per heavy atom. The number of rotatable bonds is 5. The second-order valence-electron chi connectivity index (χ2n) is 6.36. The molecule has 0 aliphatic heterocycles. The number of nitrogens with one attached hydrogen (secondary N) is 2. The van der Waals surface area contributed by atoms with E-state index in [0.717, 1.165) is 30.6 Å². The Balaban J connectivity index is 1.40. The molecule has 1 aliphatic carbocycles. The molecular weight excluding hydrogens is 296 g/mol. The highest BCUT2D eigenvalue weighted by Crippen LogP contribution is 2.20. The first-order valence-corrected chi connectivity index (χ1v) is 8.40. The number of anilines is 1. The molecule has 3 heteroatoms. The number of carbonyl (C=O) groups excluding carboxylic acids is 1. The van der Waals surface area contributed by atoms with Crippen LogP contribution in [0, 0.1) is 0 Å². The molecule has 0 spiro atoms. The van der Waals surface area contributed by atoms with Crippen LogP contribution in [0.1, 0.15) is 28.8 Å². The summed E-state index contributed by atoms with van der Waals surface area (Å²) in [4.78, 5) is 12.0. The third-order valence-electron chi connectivity index (χ3n) is 4.37. The van der Waals surface area contributed by atoms with E-state index < -0.39 is 0 Å². The van der Waals surface area contributed by atoms with Gasteiger partial charge in [0.25, 0.3) is 5.91 Å². The minimum Gasteiger partial charge on any atom is -0.381 e. The lowest BCUT2D eigenvalue weighted by molar-refractivity contribution is 0.0951. The molecule has 0 unspecified atom stereocenters. The molecule has 4 rings (SSSR count). The van der Waals surface area contributed by atoms with E-state index in [0.29, 0.717) is 6.04 Å². The van der Waals surface area contributed by atoms with Crippen molar-refractivity contribution in [2.45, 2.75) is 25.4 Å². The summed E-state index contributed by atoms with van der Waals surface area (Å²) in [5.74, 6) is 0.0265. The lowest BCUT2D eigenvalue weighted by atomic mass is 10.1. The van der Waals surface area contributed by atoms with Crippen molar-refractivity contribution in [1.29, 1.82) is 0 Å². The minimum absolute atomic E-state index is 0.0265. The monoisotopic (exact) mass is 316 g/mol. The summed E-state index contributed by atoms with van der Waals surface area (Å²) in [5.41, 5.74) is 2.98. The quantitative estimate of drug-likeness (QED) is 0.735. The van der Waals surface area contributed by atoms with Crippen LogP contribution in [0.25, 0.3) is 10.8 Å². The highest BCUT2D eigenvalue weighted by Gasteiger charge is 2.23. The summed E-state index contributed by atoms with van der Waals surface area (Å²) in [7, 11) is 0. The molecule has 1 fully saturated rings.